The minimum atomic E-state index is -4.04. The van der Waals surface area contributed by atoms with Crippen LogP contribution in [0.3, 0.4) is 0 Å². The second-order valence-corrected chi connectivity index (χ2v) is 5.23. The predicted molar refractivity (Wildman–Crippen MR) is 64.3 cm³/mol. The predicted octanol–water partition coefficient (Wildman–Crippen LogP) is 2.52. The number of isocyanates is 1. The van der Waals surface area contributed by atoms with Crippen molar-refractivity contribution in [2.45, 2.75) is 4.90 Å². The standard InChI is InChI=1S/C11H6ClNO3S/c12-9-5-1-3-8-4-2-6-10(11(8)9)17(15,16)13-7-14/h1-6H. The van der Waals surface area contributed by atoms with Crippen molar-refractivity contribution in [3.63, 3.8) is 0 Å². The third kappa shape index (κ3) is 2.08. The van der Waals surface area contributed by atoms with Crippen molar-refractivity contribution < 1.29 is 13.2 Å². The number of hydrogen-bond donors (Lipinski definition) is 0. The van der Waals surface area contributed by atoms with Gasteiger partial charge in [-0.2, -0.15) is 8.42 Å². The van der Waals surface area contributed by atoms with Gasteiger partial charge in [-0.1, -0.05) is 40.3 Å². The molecule has 0 saturated heterocycles. The first kappa shape index (κ1) is 11.8. The van der Waals surface area contributed by atoms with E-state index in [1.165, 1.54) is 6.07 Å². The van der Waals surface area contributed by atoms with E-state index < -0.39 is 10.0 Å². The van der Waals surface area contributed by atoms with Gasteiger partial charge in [0.2, 0.25) is 0 Å². The van der Waals surface area contributed by atoms with Crippen molar-refractivity contribution in [3.05, 3.63) is 41.4 Å². The highest BCUT2D eigenvalue weighted by atomic mass is 35.5. The molecule has 2 rings (SSSR count). The molecule has 0 fully saturated rings. The Labute approximate surface area is 103 Å². The van der Waals surface area contributed by atoms with Gasteiger partial charge in [-0.15, -0.1) is 0 Å². The Bertz CT molecular complexity index is 728. The number of halogens is 1. The van der Waals surface area contributed by atoms with Crippen LogP contribution in [-0.4, -0.2) is 14.5 Å². The Morgan fingerprint density at radius 3 is 2.41 bits per heavy atom. The zero-order chi connectivity index (χ0) is 12.5. The van der Waals surface area contributed by atoms with Crippen LogP contribution < -0.4 is 0 Å². The lowest BCUT2D eigenvalue weighted by molar-refractivity contribution is 0.563. The summed E-state index contributed by atoms with van der Waals surface area (Å²) in [5.74, 6) is 0. The van der Waals surface area contributed by atoms with E-state index in [1.54, 1.807) is 30.3 Å². The Kier molecular flexibility index (Phi) is 2.98. The van der Waals surface area contributed by atoms with Crippen molar-refractivity contribution in [2.75, 3.05) is 0 Å². The van der Waals surface area contributed by atoms with Crippen molar-refractivity contribution in [3.8, 4) is 0 Å². The van der Waals surface area contributed by atoms with Crippen LogP contribution in [-0.2, 0) is 14.8 Å². The summed E-state index contributed by atoms with van der Waals surface area (Å²) in [5.41, 5.74) is 0. The van der Waals surface area contributed by atoms with E-state index in [4.69, 9.17) is 11.6 Å². The summed E-state index contributed by atoms with van der Waals surface area (Å²) in [6.07, 6.45) is 1.03. The second-order valence-electron chi connectivity index (χ2n) is 3.25. The van der Waals surface area contributed by atoms with Crippen molar-refractivity contribution in [2.24, 2.45) is 4.40 Å². The largest absolute Gasteiger partial charge is 0.293 e. The first-order chi connectivity index (χ1) is 8.06. The maximum absolute atomic E-state index is 11.7. The van der Waals surface area contributed by atoms with Gasteiger partial charge in [0, 0.05) is 10.4 Å². The summed E-state index contributed by atoms with van der Waals surface area (Å²) in [7, 11) is -4.04. The van der Waals surface area contributed by atoms with Gasteiger partial charge in [0.1, 0.15) is 0 Å². The summed E-state index contributed by atoms with van der Waals surface area (Å²) in [5, 5.41) is 1.32. The zero-order valence-electron chi connectivity index (χ0n) is 8.42. The Morgan fingerprint density at radius 2 is 1.76 bits per heavy atom. The van der Waals surface area contributed by atoms with Gasteiger partial charge in [0.15, 0.2) is 0 Å². The third-order valence-electron chi connectivity index (χ3n) is 2.25. The van der Waals surface area contributed by atoms with Gasteiger partial charge in [0.05, 0.1) is 4.90 Å². The van der Waals surface area contributed by atoms with Crippen LogP contribution in [0.4, 0.5) is 0 Å². The number of sulfonamides is 1. The Balaban J connectivity index is 2.93. The lowest BCUT2D eigenvalue weighted by Gasteiger charge is -2.05. The molecule has 4 nitrogen and oxygen atoms in total. The topological polar surface area (TPSA) is 63.6 Å². The van der Waals surface area contributed by atoms with Gasteiger partial charge < -0.3 is 0 Å². The van der Waals surface area contributed by atoms with E-state index in [1.807, 2.05) is 0 Å². The number of benzene rings is 2. The van der Waals surface area contributed by atoms with Gasteiger partial charge >= 0.3 is 0 Å². The number of fused-ring (bicyclic) bond motifs is 1. The molecular weight excluding hydrogens is 262 g/mol. The Hall–Kier alpha value is -1.68. The average Bonchev–Trinajstić information content (AvgIpc) is 2.28. The van der Waals surface area contributed by atoms with Crippen LogP contribution in [0.5, 0.6) is 0 Å². The zero-order valence-corrected chi connectivity index (χ0v) is 9.99. The van der Waals surface area contributed by atoms with Crippen LogP contribution in [0.15, 0.2) is 45.7 Å². The summed E-state index contributed by atoms with van der Waals surface area (Å²) >= 11 is 5.96. The monoisotopic (exact) mass is 267 g/mol. The fourth-order valence-electron chi connectivity index (χ4n) is 1.58. The quantitative estimate of drug-likeness (QED) is 0.620. The molecule has 17 heavy (non-hydrogen) atoms. The number of carbonyl (C=O) groups excluding carboxylic acids is 1. The average molecular weight is 268 g/mol. The lowest BCUT2D eigenvalue weighted by Crippen LogP contribution is -1.97. The Morgan fingerprint density at radius 1 is 1.12 bits per heavy atom. The molecule has 0 spiro atoms. The molecule has 2 aromatic rings. The minimum Gasteiger partial charge on any atom is -0.210 e. The summed E-state index contributed by atoms with van der Waals surface area (Å²) in [4.78, 5) is 10.0. The molecule has 0 atom stereocenters. The molecule has 0 heterocycles. The van der Waals surface area contributed by atoms with Gasteiger partial charge in [-0.3, -0.25) is 0 Å². The molecular formula is C11H6ClNO3S. The fraction of sp³-hybridized carbons (Fsp3) is 0. The molecule has 2 aromatic carbocycles. The fourth-order valence-corrected chi connectivity index (χ4v) is 2.85. The smallest absolute Gasteiger partial charge is 0.210 e. The van der Waals surface area contributed by atoms with Crippen LogP contribution in [0, 0.1) is 0 Å². The highest BCUT2D eigenvalue weighted by molar-refractivity contribution is 7.90. The first-order valence-corrected chi connectivity index (χ1v) is 6.39. The summed E-state index contributed by atoms with van der Waals surface area (Å²) in [6.45, 7) is 0. The van der Waals surface area contributed by atoms with E-state index in [0.29, 0.717) is 15.8 Å². The number of rotatable bonds is 2. The van der Waals surface area contributed by atoms with Gasteiger partial charge in [-0.05, 0) is 17.5 Å². The molecule has 0 aliphatic heterocycles. The van der Waals surface area contributed by atoms with E-state index in [0.717, 1.165) is 6.08 Å². The summed E-state index contributed by atoms with van der Waals surface area (Å²) < 4.78 is 26.2. The molecule has 0 radical (unpaired) electrons. The molecule has 0 aliphatic rings. The van der Waals surface area contributed by atoms with Gasteiger partial charge in [-0.25, -0.2) is 4.79 Å². The maximum Gasteiger partial charge on any atom is 0.293 e. The minimum absolute atomic E-state index is 0.0936. The van der Waals surface area contributed by atoms with Crippen molar-refractivity contribution in [1.82, 2.24) is 0 Å². The van der Waals surface area contributed by atoms with E-state index in [9.17, 15) is 13.2 Å². The molecule has 0 aromatic heterocycles. The van der Waals surface area contributed by atoms with E-state index in [2.05, 4.69) is 4.40 Å². The number of nitrogens with zero attached hydrogens (tertiary/aromatic N) is 1. The van der Waals surface area contributed by atoms with E-state index in [-0.39, 0.29) is 4.90 Å². The normalized spacial score (nSPS) is 11.1. The van der Waals surface area contributed by atoms with Crippen LogP contribution in [0.1, 0.15) is 0 Å². The second kappa shape index (κ2) is 4.30. The van der Waals surface area contributed by atoms with Crippen molar-refractivity contribution in [1.29, 1.82) is 0 Å². The highest BCUT2D eigenvalue weighted by Gasteiger charge is 2.17. The van der Waals surface area contributed by atoms with E-state index >= 15 is 0 Å². The maximum atomic E-state index is 11.7. The molecule has 0 saturated carbocycles. The van der Waals surface area contributed by atoms with Gasteiger partial charge in [0.25, 0.3) is 16.1 Å². The SMILES string of the molecule is O=C=NS(=O)(=O)c1cccc2cccc(Cl)c12. The molecule has 0 unspecified atom stereocenters. The third-order valence-corrected chi connectivity index (χ3v) is 3.78. The molecule has 86 valence electrons. The highest BCUT2D eigenvalue weighted by Crippen LogP contribution is 2.30. The van der Waals surface area contributed by atoms with Crippen LogP contribution >= 0.6 is 11.6 Å². The molecule has 6 heteroatoms. The summed E-state index contributed by atoms with van der Waals surface area (Å²) in [6, 6.07) is 9.66. The molecule has 0 N–H and O–H groups in total. The lowest BCUT2D eigenvalue weighted by atomic mass is 10.1. The van der Waals surface area contributed by atoms with Crippen LogP contribution in [0.2, 0.25) is 5.02 Å². The van der Waals surface area contributed by atoms with Crippen LogP contribution in [0.25, 0.3) is 10.8 Å². The molecule has 0 bridgehead atoms. The first-order valence-electron chi connectivity index (χ1n) is 4.57. The molecule has 0 aliphatic carbocycles. The van der Waals surface area contributed by atoms with Crippen molar-refractivity contribution >= 4 is 38.5 Å². The molecule has 0 amide bonds. The number of hydrogen-bond acceptors (Lipinski definition) is 3.